The van der Waals surface area contributed by atoms with E-state index in [-0.39, 0.29) is 13.2 Å². The number of aromatic nitrogens is 1. The van der Waals surface area contributed by atoms with E-state index in [1.54, 1.807) is 12.1 Å². The fourth-order valence-electron chi connectivity index (χ4n) is 1.54. The summed E-state index contributed by atoms with van der Waals surface area (Å²) >= 11 is 9.13. The predicted octanol–water partition coefficient (Wildman–Crippen LogP) is 3.92. The first-order chi connectivity index (χ1) is 9.63. The topological polar surface area (TPSA) is 51.2 Å². The van der Waals surface area contributed by atoms with Crippen LogP contribution in [0.1, 0.15) is 11.3 Å². The first-order valence-corrected chi connectivity index (χ1v) is 7.07. The van der Waals surface area contributed by atoms with E-state index >= 15 is 0 Å². The van der Waals surface area contributed by atoms with Gasteiger partial charge in [-0.15, -0.1) is 0 Å². The minimum Gasteiger partial charge on any atom is -0.445 e. The van der Waals surface area contributed by atoms with Gasteiger partial charge >= 0.3 is 6.09 Å². The number of hydrogen-bond acceptors (Lipinski definition) is 3. The summed E-state index contributed by atoms with van der Waals surface area (Å²) in [6, 6.07) is 12.9. The maximum Gasteiger partial charge on any atom is 0.407 e. The van der Waals surface area contributed by atoms with Crippen molar-refractivity contribution in [2.24, 2.45) is 0 Å². The predicted molar refractivity (Wildman–Crippen MR) is 80.4 cm³/mol. The van der Waals surface area contributed by atoms with Gasteiger partial charge in [0.2, 0.25) is 0 Å². The molecule has 0 unspecified atom stereocenters. The van der Waals surface area contributed by atoms with Gasteiger partial charge in [-0.25, -0.2) is 9.78 Å². The van der Waals surface area contributed by atoms with Crippen LogP contribution in [-0.2, 0) is 17.9 Å². The smallest absolute Gasteiger partial charge is 0.407 e. The third kappa shape index (κ3) is 4.83. The first kappa shape index (κ1) is 14.8. The van der Waals surface area contributed by atoms with Crippen LogP contribution in [0.5, 0.6) is 0 Å². The van der Waals surface area contributed by atoms with Gasteiger partial charge in [0.1, 0.15) is 11.8 Å². The van der Waals surface area contributed by atoms with Crippen molar-refractivity contribution in [3.8, 4) is 0 Å². The number of carbonyl (C=O) groups is 1. The highest BCUT2D eigenvalue weighted by atomic mass is 79.9. The van der Waals surface area contributed by atoms with E-state index in [0.29, 0.717) is 10.8 Å². The lowest BCUT2D eigenvalue weighted by Gasteiger charge is -2.07. The summed E-state index contributed by atoms with van der Waals surface area (Å²) < 4.78 is 5.90. The molecule has 0 aliphatic rings. The van der Waals surface area contributed by atoms with E-state index in [9.17, 15) is 4.79 Å². The number of halogens is 2. The molecule has 0 saturated heterocycles. The van der Waals surface area contributed by atoms with E-state index in [1.165, 1.54) is 0 Å². The molecule has 0 saturated carbocycles. The molecule has 0 fully saturated rings. The van der Waals surface area contributed by atoms with Crippen LogP contribution in [0.3, 0.4) is 0 Å². The molecule has 0 aliphatic heterocycles. The molecule has 1 N–H and O–H groups in total. The van der Waals surface area contributed by atoms with Gasteiger partial charge in [0, 0.05) is 4.47 Å². The Morgan fingerprint density at radius 3 is 2.75 bits per heavy atom. The number of amides is 1. The highest BCUT2D eigenvalue weighted by Gasteiger charge is 2.05. The van der Waals surface area contributed by atoms with E-state index in [2.05, 4.69) is 26.2 Å². The first-order valence-electron chi connectivity index (χ1n) is 5.90. The third-order valence-electron chi connectivity index (χ3n) is 2.44. The van der Waals surface area contributed by atoms with Crippen LogP contribution >= 0.6 is 27.5 Å². The van der Waals surface area contributed by atoms with E-state index in [0.717, 1.165) is 10.0 Å². The van der Waals surface area contributed by atoms with E-state index in [4.69, 9.17) is 16.3 Å². The number of alkyl carbamates (subject to hydrolysis) is 1. The summed E-state index contributed by atoms with van der Waals surface area (Å²) in [5.41, 5.74) is 1.59. The summed E-state index contributed by atoms with van der Waals surface area (Å²) in [5, 5.41) is 2.99. The maximum absolute atomic E-state index is 11.6. The van der Waals surface area contributed by atoms with Gasteiger partial charge in [0.25, 0.3) is 0 Å². The Balaban J connectivity index is 1.80. The van der Waals surface area contributed by atoms with Crippen molar-refractivity contribution in [1.29, 1.82) is 0 Å². The van der Waals surface area contributed by atoms with Gasteiger partial charge in [0.15, 0.2) is 0 Å². The molecule has 20 heavy (non-hydrogen) atoms. The van der Waals surface area contributed by atoms with Crippen LogP contribution in [-0.4, -0.2) is 11.1 Å². The van der Waals surface area contributed by atoms with Crippen LogP contribution in [0.15, 0.2) is 46.9 Å². The second-order valence-corrected chi connectivity index (χ2v) is 5.32. The molecule has 2 rings (SSSR count). The van der Waals surface area contributed by atoms with Gasteiger partial charge in [-0.1, -0.05) is 57.9 Å². The average molecular weight is 356 g/mol. The fraction of sp³-hybridized carbons (Fsp3) is 0.143. The molecule has 2 aromatic rings. The Morgan fingerprint density at radius 2 is 2.05 bits per heavy atom. The number of nitrogens with one attached hydrogen (secondary N) is 1. The Morgan fingerprint density at radius 1 is 1.30 bits per heavy atom. The fourth-order valence-corrected chi connectivity index (χ4v) is 2.38. The number of benzene rings is 1. The number of carbonyl (C=O) groups excluding carboxylic acids is 1. The Kier molecular flexibility index (Phi) is 5.38. The van der Waals surface area contributed by atoms with E-state index in [1.807, 2.05) is 30.3 Å². The maximum atomic E-state index is 11.6. The molecule has 104 valence electrons. The standard InChI is InChI=1S/C14H12BrClN2O2/c15-11-6-12(18-13(16)7-11)8-17-14(19)20-9-10-4-2-1-3-5-10/h1-7H,8-9H2,(H,17,19). The molecule has 1 heterocycles. The summed E-state index contributed by atoms with van der Waals surface area (Å²) in [6.07, 6.45) is -0.494. The Labute approximate surface area is 130 Å². The summed E-state index contributed by atoms with van der Waals surface area (Å²) in [7, 11) is 0. The molecular weight excluding hydrogens is 344 g/mol. The van der Waals surface area contributed by atoms with Crippen LogP contribution in [0.2, 0.25) is 5.15 Å². The lowest BCUT2D eigenvalue weighted by atomic mass is 10.2. The van der Waals surface area contributed by atoms with Crippen LogP contribution < -0.4 is 5.32 Å². The number of rotatable bonds is 4. The van der Waals surface area contributed by atoms with Crippen LogP contribution in [0.4, 0.5) is 4.79 Å². The van der Waals surface area contributed by atoms with Crippen molar-refractivity contribution in [3.63, 3.8) is 0 Å². The molecule has 0 spiro atoms. The van der Waals surface area contributed by atoms with Crippen molar-refractivity contribution in [2.45, 2.75) is 13.2 Å². The lowest BCUT2D eigenvalue weighted by Crippen LogP contribution is -2.24. The molecule has 0 bridgehead atoms. The number of nitrogens with zero attached hydrogens (tertiary/aromatic N) is 1. The molecule has 0 aliphatic carbocycles. The molecule has 4 nitrogen and oxygen atoms in total. The molecular formula is C14H12BrClN2O2. The highest BCUT2D eigenvalue weighted by Crippen LogP contribution is 2.16. The largest absolute Gasteiger partial charge is 0.445 e. The lowest BCUT2D eigenvalue weighted by molar-refractivity contribution is 0.139. The minimum absolute atomic E-state index is 0.235. The zero-order chi connectivity index (χ0) is 14.4. The third-order valence-corrected chi connectivity index (χ3v) is 3.09. The van der Waals surface area contributed by atoms with E-state index < -0.39 is 6.09 Å². The van der Waals surface area contributed by atoms with Crippen molar-refractivity contribution in [1.82, 2.24) is 10.3 Å². The second-order valence-electron chi connectivity index (χ2n) is 4.01. The molecule has 1 amide bonds. The number of pyridine rings is 1. The molecule has 1 aromatic heterocycles. The van der Waals surface area contributed by atoms with Gasteiger partial charge in [-0.3, -0.25) is 0 Å². The average Bonchev–Trinajstić information content (AvgIpc) is 2.43. The molecule has 0 atom stereocenters. The van der Waals surface area contributed by atoms with Crippen molar-refractivity contribution in [2.75, 3.05) is 0 Å². The Bertz CT molecular complexity index is 573. The van der Waals surface area contributed by atoms with Crippen molar-refractivity contribution in [3.05, 3.63) is 63.3 Å². The van der Waals surface area contributed by atoms with Crippen LogP contribution in [0.25, 0.3) is 0 Å². The molecule has 0 radical (unpaired) electrons. The van der Waals surface area contributed by atoms with Gasteiger partial charge < -0.3 is 10.1 Å². The number of hydrogen-bond donors (Lipinski definition) is 1. The second kappa shape index (κ2) is 7.26. The molecule has 1 aromatic carbocycles. The van der Waals surface area contributed by atoms with Crippen molar-refractivity contribution >= 4 is 33.6 Å². The zero-order valence-corrected chi connectivity index (χ0v) is 12.8. The summed E-state index contributed by atoms with van der Waals surface area (Å²) in [4.78, 5) is 15.6. The molecule has 6 heteroatoms. The van der Waals surface area contributed by atoms with Crippen LogP contribution in [0, 0.1) is 0 Å². The quantitative estimate of drug-likeness (QED) is 0.846. The monoisotopic (exact) mass is 354 g/mol. The van der Waals surface area contributed by atoms with Gasteiger partial charge in [0.05, 0.1) is 12.2 Å². The SMILES string of the molecule is O=C(NCc1cc(Br)cc(Cl)n1)OCc1ccccc1. The highest BCUT2D eigenvalue weighted by molar-refractivity contribution is 9.10. The zero-order valence-electron chi connectivity index (χ0n) is 10.5. The minimum atomic E-state index is -0.494. The van der Waals surface area contributed by atoms with Gasteiger partial charge in [-0.2, -0.15) is 0 Å². The summed E-state index contributed by atoms with van der Waals surface area (Å²) in [6.45, 7) is 0.492. The Hall–Kier alpha value is -1.59. The normalized spacial score (nSPS) is 10.1. The summed E-state index contributed by atoms with van der Waals surface area (Å²) in [5.74, 6) is 0. The van der Waals surface area contributed by atoms with Gasteiger partial charge in [-0.05, 0) is 17.7 Å². The number of ether oxygens (including phenoxy) is 1. The van der Waals surface area contributed by atoms with Crippen molar-refractivity contribution < 1.29 is 9.53 Å².